The summed E-state index contributed by atoms with van der Waals surface area (Å²) < 4.78 is 17.9. The molecule has 2 heterocycles. The lowest BCUT2D eigenvalue weighted by Crippen LogP contribution is -2.08. The van der Waals surface area contributed by atoms with E-state index in [0.717, 1.165) is 33.2 Å². The van der Waals surface area contributed by atoms with Gasteiger partial charge in [-0.1, -0.05) is 6.92 Å². The van der Waals surface area contributed by atoms with Gasteiger partial charge in [-0.15, -0.1) is 0 Å². The highest BCUT2D eigenvalue weighted by molar-refractivity contribution is 5.94. The van der Waals surface area contributed by atoms with Gasteiger partial charge in [0.15, 0.2) is 17.1 Å². The van der Waals surface area contributed by atoms with E-state index in [2.05, 4.69) is 13.8 Å². The summed E-state index contributed by atoms with van der Waals surface area (Å²) in [6, 6.07) is 7.88. The molecule has 4 aromatic rings. The van der Waals surface area contributed by atoms with E-state index in [1.807, 2.05) is 24.3 Å². The molecule has 0 aliphatic heterocycles. The van der Waals surface area contributed by atoms with E-state index in [-0.39, 0.29) is 11.7 Å². The molecule has 0 amide bonds. The Bertz CT molecular complexity index is 1350. The first kappa shape index (κ1) is 16.9. The zero-order valence-corrected chi connectivity index (χ0v) is 16.4. The largest absolute Gasteiger partial charge is 0.493 e. The van der Waals surface area contributed by atoms with E-state index in [1.165, 1.54) is 15.7 Å². The molecule has 6 heteroatoms. The number of benzene rings is 2. The molecule has 5 rings (SSSR count). The fraction of sp³-hybridized carbons (Fsp3) is 0.273. The number of rotatable bonds is 2. The molecule has 2 aromatic carbocycles. The number of hydrogen-bond donors (Lipinski definition) is 0. The zero-order valence-electron chi connectivity index (χ0n) is 16.4. The van der Waals surface area contributed by atoms with Gasteiger partial charge in [0.2, 0.25) is 0 Å². The number of hydrogen-bond acceptors (Lipinski definition) is 5. The van der Waals surface area contributed by atoms with Crippen molar-refractivity contribution in [1.82, 2.24) is 9.55 Å². The van der Waals surface area contributed by atoms with Gasteiger partial charge in [0.25, 0.3) is 0 Å². The van der Waals surface area contributed by atoms with E-state index >= 15 is 0 Å². The Labute approximate surface area is 161 Å². The number of aromatic nitrogens is 2. The Morgan fingerprint density at radius 1 is 1.11 bits per heavy atom. The van der Waals surface area contributed by atoms with Crippen molar-refractivity contribution in [1.29, 1.82) is 0 Å². The molecule has 0 spiro atoms. The van der Waals surface area contributed by atoms with E-state index in [0.29, 0.717) is 17.1 Å². The van der Waals surface area contributed by atoms with Crippen molar-refractivity contribution in [2.45, 2.75) is 19.8 Å². The maximum Gasteiger partial charge on any atom is 0.419 e. The highest BCUT2D eigenvalue weighted by Gasteiger charge is 2.31. The van der Waals surface area contributed by atoms with Gasteiger partial charge in [-0.3, -0.25) is 4.57 Å². The van der Waals surface area contributed by atoms with Crippen LogP contribution in [-0.4, -0.2) is 23.8 Å². The van der Waals surface area contributed by atoms with E-state index in [9.17, 15) is 4.79 Å². The Hall–Kier alpha value is -3.28. The fourth-order valence-corrected chi connectivity index (χ4v) is 4.41. The summed E-state index contributed by atoms with van der Waals surface area (Å²) in [5.41, 5.74) is 7.72. The van der Waals surface area contributed by atoms with Crippen LogP contribution in [0.25, 0.3) is 33.3 Å². The molecule has 1 unspecified atom stereocenters. The third-order valence-corrected chi connectivity index (χ3v) is 5.92. The van der Waals surface area contributed by atoms with E-state index < -0.39 is 0 Å². The standard InChI is InChI=1S/C22H20N2O4/c1-10-12-6-16-17(28-22(25)24(16)3)8-14(12)21-20(10)11(2)13-7-18(26-4)19(27-5)9-15(13)23-21/h6-10H,1-5H3. The second-order valence-corrected chi connectivity index (χ2v) is 7.28. The van der Waals surface area contributed by atoms with Crippen LogP contribution in [-0.2, 0) is 7.05 Å². The number of oxazole rings is 1. The molecule has 0 fully saturated rings. The summed E-state index contributed by atoms with van der Waals surface area (Å²) in [5.74, 6) is 1.16. The van der Waals surface area contributed by atoms with Crippen LogP contribution in [0, 0.1) is 6.92 Å². The van der Waals surface area contributed by atoms with Crippen LogP contribution in [0.2, 0.25) is 0 Å². The summed E-state index contributed by atoms with van der Waals surface area (Å²) in [6.07, 6.45) is 0. The molecule has 1 atom stereocenters. The van der Waals surface area contributed by atoms with Crippen molar-refractivity contribution in [2.75, 3.05) is 14.2 Å². The zero-order chi connectivity index (χ0) is 19.7. The van der Waals surface area contributed by atoms with Crippen LogP contribution in [0.1, 0.15) is 29.5 Å². The normalized spacial score (nSPS) is 15.1. The number of pyridine rings is 1. The third kappa shape index (κ3) is 2.03. The SMILES string of the molecule is COc1cc2nc3c(c(C)c2cc1OC)C(C)c1cc2c(cc1-3)oc(=O)n2C. The van der Waals surface area contributed by atoms with Crippen molar-refractivity contribution in [3.8, 4) is 22.8 Å². The molecule has 1 aliphatic rings. The Kier molecular flexibility index (Phi) is 3.38. The molecular weight excluding hydrogens is 356 g/mol. The molecule has 0 radical (unpaired) electrons. The number of aryl methyl sites for hydroxylation is 2. The highest BCUT2D eigenvalue weighted by Crippen LogP contribution is 2.48. The van der Waals surface area contributed by atoms with Gasteiger partial charge in [0.05, 0.1) is 30.9 Å². The quantitative estimate of drug-likeness (QED) is 0.526. The molecule has 2 aromatic heterocycles. The van der Waals surface area contributed by atoms with Gasteiger partial charge in [-0.25, -0.2) is 9.78 Å². The number of ether oxygens (including phenoxy) is 2. The van der Waals surface area contributed by atoms with Crippen LogP contribution in [0.4, 0.5) is 0 Å². The summed E-state index contributed by atoms with van der Waals surface area (Å²) in [5, 5.41) is 1.05. The van der Waals surface area contributed by atoms with Gasteiger partial charge in [0.1, 0.15) is 0 Å². The molecule has 0 saturated heterocycles. The van der Waals surface area contributed by atoms with Crippen LogP contribution in [0.15, 0.2) is 33.5 Å². The molecule has 28 heavy (non-hydrogen) atoms. The minimum Gasteiger partial charge on any atom is -0.493 e. The first-order chi connectivity index (χ1) is 13.4. The van der Waals surface area contributed by atoms with Gasteiger partial charge < -0.3 is 13.9 Å². The predicted octanol–water partition coefficient (Wildman–Crippen LogP) is 4.14. The monoisotopic (exact) mass is 376 g/mol. The lowest BCUT2D eigenvalue weighted by atomic mass is 9.94. The number of fused-ring (bicyclic) bond motifs is 5. The van der Waals surface area contributed by atoms with Crippen molar-refractivity contribution < 1.29 is 13.9 Å². The summed E-state index contributed by atoms with van der Waals surface area (Å²) in [6.45, 7) is 4.30. The molecule has 0 bridgehead atoms. The Balaban J connectivity index is 1.85. The van der Waals surface area contributed by atoms with Gasteiger partial charge >= 0.3 is 5.76 Å². The van der Waals surface area contributed by atoms with Gasteiger partial charge in [-0.05, 0) is 41.8 Å². The van der Waals surface area contributed by atoms with Crippen molar-refractivity contribution in [3.05, 3.63) is 51.5 Å². The van der Waals surface area contributed by atoms with Crippen molar-refractivity contribution in [2.24, 2.45) is 7.05 Å². The van der Waals surface area contributed by atoms with Crippen LogP contribution >= 0.6 is 0 Å². The average Bonchev–Trinajstić information content (AvgIpc) is 3.13. The van der Waals surface area contributed by atoms with Crippen LogP contribution in [0.3, 0.4) is 0 Å². The second kappa shape index (κ2) is 5.61. The predicted molar refractivity (Wildman–Crippen MR) is 108 cm³/mol. The van der Waals surface area contributed by atoms with Gasteiger partial charge in [-0.2, -0.15) is 0 Å². The minimum absolute atomic E-state index is 0.171. The molecule has 6 nitrogen and oxygen atoms in total. The molecule has 142 valence electrons. The van der Waals surface area contributed by atoms with Crippen LogP contribution in [0.5, 0.6) is 11.5 Å². The molecule has 0 saturated carbocycles. The maximum atomic E-state index is 11.9. The summed E-state index contributed by atoms with van der Waals surface area (Å²) >= 11 is 0. The Morgan fingerprint density at radius 2 is 1.82 bits per heavy atom. The first-order valence-corrected chi connectivity index (χ1v) is 9.14. The summed E-state index contributed by atoms with van der Waals surface area (Å²) in [7, 11) is 4.98. The van der Waals surface area contributed by atoms with E-state index in [4.69, 9.17) is 18.9 Å². The number of methoxy groups -OCH3 is 2. The maximum absolute atomic E-state index is 11.9. The fourth-order valence-electron chi connectivity index (χ4n) is 4.41. The topological polar surface area (TPSA) is 66.5 Å². The smallest absolute Gasteiger partial charge is 0.419 e. The lowest BCUT2D eigenvalue weighted by Gasteiger charge is -2.15. The van der Waals surface area contributed by atoms with Gasteiger partial charge in [0, 0.05) is 30.0 Å². The van der Waals surface area contributed by atoms with Crippen LogP contribution < -0.4 is 15.2 Å². The lowest BCUT2D eigenvalue weighted by molar-refractivity contribution is 0.356. The molecule has 1 aliphatic carbocycles. The number of nitrogens with zero attached hydrogens (tertiary/aromatic N) is 2. The van der Waals surface area contributed by atoms with E-state index in [1.54, 1.807) is 21.3 Å². The minimum atomic E-state index is -0.356. The van der Waals surface area contributed by atoms with Crippen molar-refractivity contribution >= 4 is 22.0 Å². The highest BCUT2D eigenvalue weighted by atomic mass is 16.5. The summed E-state index contributed by atoms with van der Waals surface area (Å²) in [4.78, 5) is 16.9. The average molecular weight is 376 g/mol. The van der Waals surface area contributed by atoms with Crippen molar-refractivity contribution in [3.63, 3.8) is 0 Å². The third-order valence-electron chi connectivity index (χ3n) is 5.92. The second-order valence-electron chi connectivity index (χ2n) is 7.28. The molecular formula is C22H20N2O4. The molecule has 0 N–H and O–H groups in total. The Morgan fingerprint density at radius 3 is 2.54 bits per heavy atom. The first-order valence-electron chi connectivity index (χ1n) is 9.14.